The lowest BCUT2D eigenvalue weighted by Gasteiger charge is -2.61. The average Bonchev–Trinajstić information content (AvgIpc) is 4.00. The van der Waals surface area contributed by atoms with E-state index in [1.807, 2.05) is 49.6 Å². The molecule has 7 N–H and O–H groups in total. The number of nitrogens with zero attached hydrogens (tertiary/aromatic N) is 8. The van der Waals surface area contributed by atoms with E-state index in [9.17, 15) is 38.9 Å². The van der Waals surface area contributed by atoms with Gasteiger partial charge in [0.2, 0.25) is 17.8 Å². The quantitative estimate of drug-likeness (QED) is 0.0566. The molecule has 1 saturated carbocycles. The Morgan fingerprint density at radius 2 is 1.68 bits per heavy atom. The fourth-order valence-corrected chi connectivity index (χ4v) is 13.8. The zero-order valence-electron chi connectivity index (χ0n) is 46.0. The van der Waals surface area contributed by atoms with E-state index in [1.165, 1.54) is 11.0 Å². The monoisotopic (exact) mass is 1110 g/mol. The Morgan fingerprint density at radius 3 is 2.35 bits per heavy atom. The number of ether oxygens (including phenoxy) is 1. The number of hydrogen-bond donors (Lipinski definition) is 7. The Morgan fingerprint density at radius 1 is 0.975 bits per heavy atom. The lowest BCUT2D eigenvalue weighted by atomic mass is 9.60. The van der Waals surface area contributed by atoms with E-state index in [0.717, 1.165) is 66.5 Å². The number of fused-ring (bicyclic) bond motifs is 3. The van der Waals surface area contributed by atoms with Crippen LogP contribution in [0.2, 0.25) is 0 Å². The molecule has 8 heterocycles. The highest BCUT2D eigenvalue weighted by atomic mass is 31.2. The Labute approximate surface area is 465 Å². The third-order valence-corrected chi connectivity index (χ3v) is 18.3. The van der Waals surface area contributed by atoms with Gasteiger partial charge < -0.3 is 54.7 Å². The smallest absolute Gasteiger partial charge is 0.404 e. The molecule has 1 aliphatic carbocycles. The predicted molar refractivity (Wildman–Crippen MR) is 297 cm³/mol. The summed E-state index contributed by atoms with van der Waals surface area (Å²) in [5.74, 6) is 5.96. The van der Waals surface area contributed by atoms with Crippen molar-refractivity contribution < 1.29 is 48.2 Å². The minimum Gasteiger partial charge on any atom is -0.404 e. The van der Waals surface area contributed by atoms with Crippen molar-refractivity contribution in [3.05, 3.63) is 94.9 Å². The number of amides is 4. The number of piperidine rings is 1. The molecule has 424 valence electrons. The second-order valence-electron chi connectivity index (χ2n) is 23.9. The summed E-state index contributed by atoms with van der Waals surface area (Å²) in [6, 6.07) is 13.0. The van der Waals surface area contributed by atoms with Crippen molar-refractivity contribution in [1.29, 1.82) is 0 Å². The number of likely N-dealkylation sites (tertiary alicyclic amines) is 3. The molecule has 5 aromatic rings. The topological polar surface area (TPSA) is 272 Å². The van der Waals surface area contributed by atoms with Crippen molar-refractivity contribution in [2.45, 2.75) is 134 Å². The van der Waals surface area contributed by atoms with Crippen LogP contribution < -0.4 is 20.1 Å². The molecule has 21 nitrogen and oxygen atoms in total. The van der Waals surface area contributed by atoms with Gasteiger partial charge in [0.15, 0.2) is 5.65 Å². The van der Waals surface area contributed by atoms with Crippen LogP contribution in [0.3, 0.4) is 0 Å². The number of para-hydroxylation sites is 1. The number of phosphoric acid groups is 1. The Bertz CT molecular complexity index is 3230. The number of aliphatic hydroxyl groups is 2. The van der Waals surface area contributed by atoms with E-state index in [1.54, 1.807) is 43.9 Å². The van der Waals surface area contributed by atoms with Crippen LogP contribution in [0.5, 0.6) is 5.75 Å². The third kappa shape index (κ3) is 11.2. The van der Waals surface area contributed by atoms with Crippen LogP contribution >= 0.6 is 7.82 Å². The summed E-state index contributed by atoms with van der Waals surface area (Å²) in [4.78, 5) is 83.5. The molecule has 0 radical (unpaired) electrons. The van der Waals surface area contributed by atoms with Crippen LogP contribution in [0.15, 0.2) is 67.0 Å². The summed E-state index contributed by atoms with van der Waals surface area (Å²) in [5, 5.41) is 38.0. The molecule has 22 heteroatoms. The number of benzene rings is 2. The number of anilines is 1. The number of β-amino-alcohol motifs (C(OH)–C–C–N with tert-alkyl or cyclic N) is 1. The Hall–Kier alpha value is -6.50. The highest BCUT2D eigenvalue weighted by molar-refractivity contribution is 7.46. The van der Waals surface area contributed by atoms with Crippen LogP contribution in [0.4, 0.5) is 10.7 Å². The van der Waals surface area contributed by atoms with E-state index in [0.29, 0.717) is 92.5 Å². The van der Waals surface area contributed by atoms with Gasteiger partial charge in [-0.1, -0.05) is 37.1 Å². The molecule has 80 heavy (non-hydrogen) atoms. The lowest BCUT2D eigenvalue weighted by molar-refractivity contribution is -0.145. The lowest BCUT2D eigenvalue weighted by Crippen LogP contribution is -2.70. The first-order chi connectivity index (χ1) is 38.2. The Kier molecular flexibility index (Phi) is 15.1. The van der Waals surface area contributed by atoms with E-state index >= 15 is 0 Å². The van der Waals surface area contributed by atoms with Crippen molar-refractivity contribution in [3.63, 3.8) is 0 Å². The molecule has 5 fully saturated rings. The second-order valence-corrected chi connectivity index (χ2v) is 25.1. The van der Waals surface area contributed by atoms with Crippen molar-refractivity contribution in [2.24, 2.45) is 10.8 Å². The number of phosphoric ester groups is 1. The van der Waals surface area contributed by atoms with Gasteiger partial charge in [0.05, 0.1) is 29.5 Å². The van der Waals surface area contributed by atoms with E-state index in [2.05, 4.69) is 54.4 Å². The highest BCUT2D eigenvalue weighted by Gasteiger charge is 2.56. The van der Waals surface area contributed by atoms with Gasteiger partial charge in [-0.25, -0.2) is 19.3 Å². The Balaban J connectivity index is 0.680. The average molecular weight is 1110 g/mol. The van der Waals surface area contributed by atoms with Gasteiger partial charge in [0, 0.05) is 109 Å². The second kappa shape index (κ2) is 21.8. The molecular formula is C58H72N11O10P. The number of urea groups is 1. The van der Waals surface area contributed by atoms with Crippen molar-refractivity contribution >= 4 is 42.6 Å². The molecule has 0 unspecified atom stereocenters. The maximum absolute atomic E-state index is 14.8. The van der Waals surface area contributed by atoms with E-state index < -0.39 is 54.9 Å². The summed E-state index contributed by atoms with van der Waals surface area (Å²) in [6.45, 7) is 13.7. The molecule has 2 aromatic carbocycles. The molecule has 11 rings (SSSR count). The first-order valence-electron chi connectivity index (χ1n) is 27.9. The first kappa shape index (κ1) is 55.4. The number of rotatable bonds is 13. The van der Waals surface area contributed by atoms with Gasteiger partial charge in [-0.15, -0.1) is 16.1 Å². The molecule has 0 bridgehead atoms. The fourth-order valence-electron chi connectivity index (χ4n) is 13.4. The molecule has 3 aromatic heterocycles. The predicted octanol–water partition coefficient (Wildman–Crippen LogP) is 5.51. The number of aromatic nitrogens is 5. The summed E-state index contributed by atoms with van der Waals surface area (Å²) in [5.41, 5.74) is 4.16. The molecule has 4 saturated heterocycles. The number of aromatic amines is 1. The minimum atomic E-state index is -4.81. The summed E-state index contributed by atoms with van der Waals surface area (Å²) >= 11 is 0. The first-order valence-corrected chi connectivity index (χ1v) is 29.4. The van der Waals surface area contributed by atoms with Gasteiger partial charge in [0.25, 0.3) is 0 Å². The van der Waals surface area contributed by atoms with Crippen LogP contribution in [0.25, 0.3) is 22.3 Å². The fraction of sp³-hybridized carbons (Fsp3) is 0.534. The van der Waals surface area contributed by atoms with Crippen LogP contribution in [0.1, 0.15) is 126 Å². The van der Waals surface area contributed by atoms with Crippen molar-refractivity contribution in [2.75, 3.05) is 57.4 Å². The number of carbonyl (C=O) groups is 3. The van der Waals surface area contributed by atoms with Crippen LogP contribution in [-0.4, -0.2) is 160 Å². The summed E-state index contributed by atoms with van der Waals surface area (Å²) in [6.07, 6.45) is 8.78. The number of hydrogen-bond acceptors (Lipinski definition) is 14. The van der Waals surface area contributed by atoms with Gasteiger partial charge in [0.1, 0.15) is 17.8 Å². The van der Waals surface area contributed by atoms with Crippen molar-refractivity contribution in [1.82, 2.24) is 50.5 Å². The van der Waals surface area contributed by atoms with Crippen LogP contribution in [-0.2, 0) is 25.3 Å². The maximum Gasteiger partial charge on any atom is 0.524 e. The molecule has 5 atom stereocenters. The molecule has 4 amide bonds. The zero-order chi connectivity index (χ0) is 56.3. The summed E-state index contributed by atoms with van der Waals surface area (Å²) < 4.78 is 22.4. The number of nitrogens with one attached hydrogen (secondary N) is 3. The summed E-state index contributed by atoms with van der Waals surface area (Å²) in [7, 11) is -4.81. The third-order valence-electron chi connectivity index (χ3n) is 17.9. The SMILES string of the molecule is CC#Cc1ccc([C@@H](NC(=O)[C@@H]2C[C@@H](O)CN2C(=O)[C@@H](NC(=O)N2CC3(CC(N4CCC(c5cnc(N6CCc7[nH]c8nnc(-c9ccccc9OP(=O)(O)O)cc8c7[C@H]6C)nc5)CC4)C3)C2)C2(C)CCOCC2)C(C)(C)O)cc1. The minimum absolute atomic E-state index is 0.0137. The van der Waals surface area contributed by atoms with Gasteiger partial charge >= 0.3 is 13.9 Å². The zero-order valence-corrected chi connectivity index (χ0v) is 46.9. The van der Waals surface area contributed by atoms with Crippen molar-refractivity contribution in [3.8, 4) is 28.8 Å². The molecule has 5 aliphatic heterocycles. The molecule has 6 aliphatic rings. The van der Waals surface area contributed by atoms with Crippen LogP contribution in [0, 0.1) is 22.7 Å². The number of carbonyl (C=O) groups excluding carboxylic acids is 3. The maximum atomic E-state index is 14.8. The normalized spacial score (nSPS) is 23.1. The molecule has 1 spiro atoms. The van der Waals surface area contributed by atoms with Gasteiger partial charge in [-0.3, -0.25) is 19.4 Å². The number of aliphatic hydroxyl groups excluding tert-OH is 1. The van der Waals surface area contributed by atoms with Gasteiger partial charge in [-0.2, -0.15) is 0 Å². The van der Waals surface area contributed by atoms with E-state index in [4.69, 9.17) is 19.2 Å². The highest BCUT2D eigenvalue weighted by Crippen LogP contribution is 2.51. The van der Waals surface area contributed by atoms with Gasteiger partial charge in [-0.05, 0) is 127 Å². The number of H-pyrrole nitrogens is 1. The molecular weight excluding hydrogens is 1040 g/mol. The van der Waals surface area contributed by atoms with E-state index in [-0.39, 0.29) is 36.2 Å². The largest absolute Gasteiger partial charge is 0.524 e. The standard InChI is InChI=1S/C58H72N11O10P/c1-6-9-36-12-14-38(15-13-36)49(56(3,4)74)62-52(71)46-26-41(70)32-69(46)53(72)50(57(5)19-24-78-25-20-57)63-55(73)67-33-58(34-67)28-40(29-58)66-21-16-37(17-22-66)39-30-59-54(60-31-39)68-23-18-44-48(35(68)2)43-27-45(64-65-51(43)61-44)42-10-7-8-11-47(42)79-80(75,76)77/h7-8,10-15,27,30-31,35,37,40-41,46,49-50,70,74H,16-26,28-29,32-34H2,1-5H3,(H,61,65)(H,62,71)(H,63,73)(H2,75,76,77)/t35-,41-,46+,49-,50-/m1/s1.